The molecule has 1 aliphatic rings. The maximum absolute atomic E-state index is 12.3. The van der Waals surface area contributed by atoms with Gasteiger partial charge in [0.1, 0.15) is 0 Å². The summed E-state index contributed by atoms with van der Waals surface area (Å²) in [5.74, 6) is 1.28. The lowest BCUT2D eigenvalue weighted by Gasteiger charge is -2.29. The highest BCUT2D eigenvalue weighted by molar-refractivity contribution is 5.78. The van der Waals surface area contributed by atoms with Gasteiger partial charge in [0.2, 0.25) is 5.91 Å². The van der Waals surface area contributed by atoms with Gasteiger partial charge >= 0.3 is 0 Å². The zero-order chi connectivity index (χ0) is 16.2. The number of unbranched alkanes of at least 4 members (excludes halogenated alkanes) is 2. The molecule has 0 aromatic heterocycles. The van der Waals surface area contributed by atoms with Crippen molar-refractivity contribution in [2.24, 2.45) is 11.8 Å². The molecule has 2 unspecified atom stereocenters. The van der Waals surface area contributed by atoms with E-state index in [-0.39, 0.29) is 5.92 Å². The second-order valence-corrected chi connectivity index (χ2v) is 6.73. The molecule has 1 aliphatic heterocycles. The average molecular weight is 309 g/mol. The predicted octanol–water partition coefficient (Wildman–Crippen LogP) is 4.42. The van der Waals surface area contributed by atoms with Gasteiger partial charge < -0.3 is 9.64 Å². The Bertz CT molecular complexity index is 321. The van der Waals surface area contributed by atoms with Crippen molar-refractivity contribution in [3.05, 3.63) is 12.2 Å². The van der Waals surface area contributed by atoms with Crippen LogP contribution in [0.5, 0.6) is 0 Å². The molecule has 0 aromatic rings. The molecule has 0 bridgehead atoms. The number of carbonyl (C=O) groups excluding carboxylic acids is 1. The van der Waals surface area contributed by atoms with E-state index in [4.69, 9.17) is 4.74 Å². The zero-order valence-corrected chi connectivity index (χ0v) is 14.9. The van der Waals surface area contributed by atoms with Crippen LogP contribution >= 0.6 is 0 Å². The third-order valence-corrected chi connectivity index (χ3v) is 4.63. The molecule has 1 rings (SSSR count). The van der Waals surface area contributed by atoms with Crippen molar-refractivity contribution >= 4 is 5.91 Å². The molecule has 1 saturated heterocycles. The standard InChI is InChI=1S/C19H35NO2/c1-4-5-6-7-8-10-17(2)11-9-12-18(3)19(21)20-13-15-22-16-14-20/h4-5,17-18H,6-16H2,1-3H3. The number of rotatable bonds is 10. The minimum atomic E-state index is 0.167. The molecule has 1 heterocycles. The monoisotopic (exact) mass is 309 g/mol. The van der Waals surface area contributed by atoms with E-state index in [1.54, 1.807) is 0 Å². The van der Waals surface area contributed by atoms with E-state index in [0.29, 0.717) is 19.1 Å². The first kappa shape index (κ1) is 19.2. The van der Waals surface area contributed by atoms with Crippen LogP contribution in [0, 0.1) is 11.8 Å². The largest absolute Gasteiger partial charge is 0.378 e. The van der Waals surface area contributed by atoms with Gasteiger partial charge in [-0.3, -0.25) is 4.79 Å². The lowest BCUT2D eigenvalue weighted by atomic mass is 9.94. The molecule has 3 nitrogen and oxygen atoms in total. The second kappa shape index (κ2) is 11.7. The maximum atomic E-state index is 12.3. The second-order valence-electron chi connectivity index (χ2n) is 6.73. The molecule has 0 saturated carbocycles. The van der Waals surface area contributed by atoms with Crippen LogP contribution in [0.25, 0.3) is 0 Å². The number of allylic oxidation sites excluding steroid dienone is 2. The van der Waals surface area contributed by atoms with E-state index in [1.165, 1.54) is 38.5 Å². The van der Waals surface area contributed by atoms with Crippen LogP contribution in [-0.2, 0) is 9.53 Å². The van der Waals surface area contributed by atoms with E-state index < -0.39 is 0 Å². The SMILES string of the molecule is CC=CCCCCC(C)CCCC(C)C(=O)N1CCOCC1. The Morgan fingerprint density at radius 1 is 1.09 bits per heavy atom. The lowest BCUT2D eigenvalue weighted by Crippen LogP contribution is -2.43. The fourth-order valence-electron chi connectivity index (χ4n) is 3.06. The summed E-state index contributed by atoms with van der Waals surface area (Å²) in [6, 6.07) is 0. The van der Waals surface area contributed by atoms with Crippen LogP contribution in [0.2, 0.25) is 0 Å². The lowest BCUT2D eigenvalue weighted by molar-refractivity contribution is -0.139. The number of morpholine rings is 1. The van der Waals surface area contributed by atoms with E-state index >= 15 is 0 Å². The minimum absolute atomic E-state index is 0.167. The van der Waals surface area contributed by atoms with Crippen molar-refractivity contribution in [3.63, 3.8) is 0 Å². The van der Waals surface area contributed by atoms with Gasteiger partial charge in [-0.1, -0.05) is 51.7 Å². The van der Waals surface area contributed by atoms with Crippen LogP contribution in [0.1, 0.15) is 65.7 Å². The summed E-state index contributed by atoms with van der Waals surface area (Å²) in [4.78, 5) is 14.3. The van der Waals surface area contributed by atoms with Crippen molar-refractivity contribution in [2.75, 3.05) is 26.3 Å². The first-order valence-corrected chi connectivity index (χ1v) is 9.12. The number of ether oxygens (including phenoxy) is 1. The van der Waals surface area contributed by atoms with Gasteiger partial charge in [-0.2, -0.15) is 0 Å². The Morgan fingerprint density at radius 3 is 2.45 bits per heavy atom. The highest BCUT2D eigenvalue weighted by atomic mass is 16.5. The first-order valence-electron chi connectivity index (χ1n) is 9.12. The maximum Gasteiger partial charge on any atom is 0.225 e. The Hall–Kier alpha value is -0.830. The van der Waals surface area contributed by atoms with Gasteiger partial charge in [-0.05, 0) is 32.1 Å². The molecule has 0 spiro atoms. The molecule has 22 heavy (non-hydrogen) atoms. The predicted molar refractivity (Wildman–Crippen MR) is 92.9 cm³/mol. The van der Waals surface area contributed by atoms with Crippen molar-refractivity contribution in [1.82, 2.24) is 4.90 Å². The Morgan fingerprint density at radius 2 is 1.77 bits per heavy atom. The van der Waals surface area contributed by atoms with Crippen molar-refractivity contribution in [3.8, 4) is 0 Å². The highest BCUT2D eigenvalue weighted by Crippen LogP contribution is 2.19. The number of carbonyl (C=O) groups is 1. The summed E-state index contributed by atoms with van der Waals surface area (Å²) in [6.07, 6.45) is 13.0. The third kappa shape index (κ3) is 7.98. The molecule has 0 aromatic carbocycles. The number of nitrogens with zero attached hydrogens (tertiary/aromatic N) is 1. The summed E-state index contributed by atoms with van der Waals surface area (Å²) < 4.78 is 5.31. The summed E-state index contributed by atoms with van der Waals surface area (Å²) in [5, 5.41) is 0. The molecule has 2 atom stereocenters. The van der Waals surface area contributed by atoms with Gasteiger partial charge in [-0.25, -0.2) is 0 Å². The normalized spacial score (nSPS) is 18.6. The summed E-state index contributed by atoms with van der Waals surface area (Å²) in [6.45, 7) is 9.45. The summed E-state index contributed by atoms with van der Waals surface area (Å²) in [5.41, 5.74) is 0. The molecule has 0 aliphatic carbocycles. The van der Waals surface area contributed by atoms with Crippen LogP contribution in [0.4, 0.5) is 0 Å². The third-order valence-electron chi connectivity index (χ3n) is 4.63. The van der Waals surface area contributed by atoms with E-state index in [2.05, 4.69) is 32.9 Å². The average Bonchev–Trinajstić information content (AvgIpc) is 2.54. The summed E-state index contributed by atoms with van der Waals surface area (Å²) in [7, 11) is 0. The molecule has 1 amide bonds. The quantitative estimate of drug-likeness (QED) is 0.441. The van der Waals surface area contributed by atoms with Crippen molar-refractivity contribution < 1.29 is 9.53 Å². The molecular weight excluding hydrogens is 274 g/mol. The van der Waals surface area contributed by atoms with Gasteiger partial charge in [0, 0.05) is 19.0 Å². The van der Waals surface area contributed by atoms with Crippen LogP contribution in [0.15, 0.2) is 12.2 Å². The molecule has 0 radical (unpaired) electrons. The fraction of sp³-hybridized carbons (Fsp3) is 0.842. The van der Waals surface area contributed by atoms with Gasteiger partial charge in [0.25, 0.3) is 0 Å². The number of hydrogen-bond acceptors (Lipinski definition) is 2. The van der Waals surface area contributed by atoms with Crippen LogP contribution in [-0.4, -0.2) is 37.1 Å². The number of amides is 1. The Balaban J connectivity index is 2.07. The van der Waals surface area contributed by atoms with Crippen LogP contribution in [0.3, 0.4) is 0 Å². The smallest absolute Gasteiger partial charge is 0.225 e. The van der Waals surface area contributed by atoms with Gasteiger partial charge in [0.05, 0.1) is 13.2 Å². The van der Waals surface area contributed by atoms with E-state index in [0.717, 1.165) is 25.4 Å². The van der Waals surface area contributed by atoms with Crippen molar-refractivity contribution in [2.45, 2.75) is 65.7 Å². The van der Waals surface area contributed by atoms with Crippen molar-refractivity contribution in [1.29, 1.82) is 0 Å². The van der Waals surface area contributed by atoms with Gasteiger partial charge in [-0.15, -0.1) is 0 Å². The summed E-state index contributed by atoms with van der Waals surface area (Å²) >= 11 is 0. The molecular formula is C19H35NO2. The fourth-order valence-corrected chi connectivity index (χ4v) is 3.06. The first-order chi connectivity index (χ1) is 10.6. The minimum Gasteiger partial charge on any atom is -0.378 e. The van der Waals surface area contributed by atoms with Gasteiger partial charge in [0.15, 0.2) is 0 Å². The number of hydrogen-bond donors (Lipinski definition) is 0. The molecule has 0 N–H and O–H groups in total. The highest BCUT2D eigenvalue weighted by Gasteiger charge is 2.22. The Kier molecular flexibility index (Phi) is 10.2. The molecule has 128 valence electrons. The topological polar surface area (TPSA) is 29.5 Å². The Labute approximate surface area is 137 Å². The van der Waals surface area contributed by atoms with E-state index in [1.807, 2.05) is 4.90 Å². The van der Waals surface area contributed by atoms with E-state index in [9.17, 15) is 4.79 Å². The van der Waals surface area contributed by atoms with Crippen LogP contribution < -0.4 is 0 Å². The zero-order valence-electron chi connectivity index (χ0n) is 14.9. The molecule has 3 heteroatoms. The molecule has 1 fully saturated rings.